The Kier molecular flexibility index (Phi) is 4.40. The molecule has 0 saturated heterocycles. The van der Waals surface area contributed by atoms with Crippen molar-refractivity contribution < 1.29 is 13.2 Å². The van der Waals surface area contributed by atoms with E-state index < -0.39 is 10.0 Å². The number of nitrogens with zero attached hydrogens (tertiary/aromatic N) is 2. The van der Waals surface area contributed by atoms with E-state index in [9.17, 15) is 13.2 Å². The molecule has 3 N–H and O–H groups in total. The van der Waals surface area contributed by atoms with Gasteiger partial charge < -0.3 is 10.3 Å². The summed E-state index contributed by atoms with van der Waals surface area (Å²) in [7, 11) is -3.75. The summed E-state index contributed by atoms with van der Waals surface area (Å²) in [6.07, 6.45) is 0. The molecule has 2 heterocycles. The minimum atomic E-state index is -3.75. The Bertz CT molecular complexity index is 763. The van der Waals surface area contributed by atoms with E-state index >= 15 is 0 Å². The van der Waals surface area contributed by atoms with Crippen LogP contribution in [0.1, 0.15) is 23.9 Å². The zero-order valence-electron chi connectivity index (χ0n) is 11.7. The van der Waals surface area contributed by atoms with Gasteiger partial charge in [-0.2, -0.15) is 0 Å². The first-order valence-corrected chi connectivity index (χ1v) is 8.34. The van der Waals surface area contributed by atoms with Crippen molar-refractivity contribution in [3.8, 4) is 0 Å². The van der Waals surface area contributed by atoms with Gasteiger partial charge in [0.15, 0.2) is 0 Å². The van der Waals surface area contributed by atoms with Gasteiger partial charge in [0.05, 0.1) is 0 Å². The Hall–Kier alpha value is -1.78. The van der Waals surface area contributed by atoms with Crippen LogP contribution in [0.3, 0.4) is 0 Å². The van der Waals surface area contributed by atoms with Gasteiger partial charge in [-0.15, -0.1) is 10.2 Å². The Labute approximate surface area is 126 Å². The van der Waals surface area contributed by atoms with E-state index in [1.165, 1.54) is 6.92 Å². The highest BCUT2D eigenvalue weighted by Crippen LogP contribution is 2.20. The first kappa shape index (κ1) is 15.6. The molecule has 0 aliphatic heterocycles. The van der Waals surface area contributed by atoms with Crippen molar-refractivity contribution in [1.29, 1.82) is 0 Å². The minimum Gasteiger partial charge on any atom is -0.362 e. The second-order valence-electron chi connectivity index (χ2n) is 4.48. The van der Waals surface area contributed by atoms with Gasteiger partial charge in [-0.1, -0.05) is 11.3 Å². The van der Waals surface area contributed by atoms with Crippen LogP contribution >= 0.6 is 11.3 Å². The summed E-state index contributed by atoms with van der Waals surface area (Å²) in [6, 6.07) is 1.88. The lowest BCUT2D eigenvalue weighted by atomic mass is 10.2. The number of hydrogen-bond acceptors (Lipinski definition) is 6. The molecule has 0 spiro atoms. The van der Waals surface area contributed by atoms with Crippen LogP contribution in [0, 0.1) is 13.8 Å². The average Bonchev–Trinajstić information content (AvgIpc) is 2.93. The Morgan fingerprint density at radius 3 is 2.67 bits per heavy atom. The summed E-state index contributed by atoms with van der Waals surface area (Å²) < 4.78 is 26.5. The first-order valence-electron chi connectivity index (χ1n) is 6.04. The van der Waals surface area contributed by atoms with E-state index in [4.69, 9.17) is 0 Å². The topological polar surface area (TPSA) is 117 Å². The molecule has 21 heavy (non-hydrogen) atoms. The zero-order chi connectivity index (χ0) is 15.6. The van der Waals surface area contributed by atoms with Crippen molar-refractivity contribution in [2.75, 3.05) is 5.32 Å². The normalized spacial score (nSPS) is 11.6. The Morgan fingerprint density at radius 1 is 1.38 bits per heavy atom. The fraction of sp³-hybridized carbons (Fsp3) is 0.364. The van der Waals surface area contributed by atoms with Gasteiger partial charge in [0.1, 0.15) is 0 Å². The molecular weight excluding hydrogens is 314 g/mol. The van der Waals surface area contributed by atoms with Gasteiger partial charge in [0, 0.05) is 24.9 Å². The fourth-order valence-electron chi connectivity index (χ4n) is 1.72. The van der Waals surface area contributed by atoms with Crippen molar-refractivity contribution in [2.24, 2.45) is 0 Å². The molecule has 0 aliphatic rings. The maximum Gasteiger partial charge on any atom is 0.270 e. The van der Waals surface area contributed by atoms with Gasteiger partial charge in [-0.3, -0.25) is 4.79 Å². The molecule has 2 aromatic heterocycles. The molecule has 0 fully saturated rings. The maximum atomic E-state index is 12.1. The molecule has 0 bridgehead atoms. The number of aromatic amines is 1. The van der Waals surface area contributed by atoms with E-state index in [2.05, 4.69) is 25.2 Å². The molecule has 8 nitrogen and oxygen atoms in total. The third-order valence-electron chi connectivity index (χ3n) is 2.63. The molecule has 0 radical (unpaired) electrons. The van der Waals surface area contributed by atoms with Gasteiger partial charge in [-0.25, -0.2) is 13.1 Å². The van der Waals surface area contributed by atoms with Crippen molar-refractivity contribution >= 4 is 32.4 Å². The van der Waals surface area contributed by atoms with E-state index in [0.717, 1.165) is 28.3 Å². The van der Waals surface area contributed by atoms with E-state index in [-0.39, 0.29) is 21.9 Å². The number of carbonyl (C=O) groups is 1. The SMILES string of the molecule is CC(=O)Nc1nnc(S(=O)(=O)NCc2cc(C)[nH]c2C)s1. The highest BCUT2D eigenvalue weighted by Gasteiger charge is 2.20. The molecular formula is C11H15N5O3S2. The quantitative estimate of drug-likeness (QED) is 0.705. The second kappa shape index (κ2) is 5.92. The number of sulfonamides is 1. The van der Waals surface area contributed by atoms with Crippen LogP contribution in [0.4, 0.5) is 5.13 Å². The van der Waals surface area contributed by atoms with Crippen LogP contribution in [-0.2, 0) is 21.4 Å². The summed E-state index contributed by atoms with van der Waals surface area (Å²) in [5, 5.41) is 9.73. The van der Waals surface area contributed by atoms with Gasteiger partial charge >= 0.3 is 0 Å². The smallest absolute Gasteiger partial charge is 0.270 e. The maximum absolute atomic E-state index is 12.1. The molecule has 2 rings (SSSR count). The van der Waals surface area contributed by atoms with Crippen molar-refractivity contribution in [3.63, 3.8) is 0 Å². The number of anilines is 1. The highest BCUT2D eigenvalue weighted by atomic mass is 32.2. The number of nitrogens with one attached hydrogen (secondary N) is 3. The van der Waals surface area contributed by atoms with Gasteiger partial charge in [0.2, 0.25) is 15.4 Å². The molecule has 0 atom stereocenters. The predicted octanol–water partition coefficient (Wildman–Crippen LogP) is 0.920. The van der Waals surface area contributed by atoms with Crippen LogP contribution < -0.4 is 10.0 Å². The standard InChI is InChI=1S/C11H15N5O3S2/c1-6-4-9(7(2)13-6)5-12-21(18,19)11-16-15-10(20-11)14-8(3)17/h4,12-13H,5H2,1-3H3,(H,14,15,17). The van der Waals surface area contributed by atoms with Crippen molar-refractivity contribution in [1.82, 2.24) is 19.9 Å². The van der Waals surface area contributed by atoms with Crippen LogP contribution in [0.25, 0.3) is 0 Å². The first-order chi connectivity index (χ1) is 9.78. The summed E-state index contributed by atoms with van der Waals surface area (Å²) in [5.41, 5.74) is 2.74. The van der Waals surface area contributed by atoms with Gasteiger partial charge in [0.25, 0.3) is 10.0 Å². The van der Waals surface area contributed by atoms with Crippen LogP contribution in [0.2, 0.25) is 0 Å². The lowest BCUT2D eigenvalue weighted by molar-refractivity contribution is -0.114. The third kappa shape index (κ3) is 3.86. The lowest BCUT2D eigenvalue weighted by Crippen LogP contribution is -2.23. The molecule has 10 heteroatoms. The number of aryl methyl sites for hydroxylation is 2. The zero-order valence-corrected chi connectivity index (χ0v) is 13.4. The number of amides is 1. The number of carbonyl (C=O) groups excluding carboxylic acids is 1. The third-order valence-corrected chi connectivity index (χ3v) is 5.24. The average molecular weight is 329 g/mol. The monoisotopic (exact) mass is 329 g/mol. The van der Waals surface area contributed by atoms with Crippen LogP contribution in [-0.4, -0.2) is 29.5 Å². The molecule has 0 aliphatic carbocycles. The summed E-state index contributed by atoms with van der Waals surface area (Å²) in [6.45, 7) is 5.24. The summed E-state index contributed by atoms with van der Waals surface area (Å²) in [4.78, 5) is 14.0. The number of H-pyrrole nitrogens is 1. The van der Waals surface area contributed by atoms with Gasteiger partial charge in [-0.05, 0) is 25.5 Å². The number of aromatic nitrogens is 3. The predicted molar refractivity (Wildman–Crippen MR) is 78.5 cm³/mol. The number of rotatable bonds is 5. The van der Waals surface area contributed by atoms with Crippen LogP contribution in [0.5, 0.6) is 0 Å². The molecule has 0 aromatic carbocycles. The molecule has 114 valence electrons. The fourth-order valence-corrected chi connectivity index (χ4v) is 3.71. The molecule has 0 unspecified atom stereocenters. The second-order valence-corrected chi connectivity index (χ2v) is 7.40. The largest absolute Gasteiger partial charge is 0.362 e. The highest BCUT2D eigenvalue weighted by molar-refractivity contribution is 7.91. The Morgan fingerprint density at radius 2 is 2.10 bits per heavy atom. The van der Waals surface area contributed by atoms with E-state index in [1.807, 2.05) is 19.9 Å². The van der Waals surface area contributed by atoms with Crippen molar-refractivity contribution in [2.45, 2.75) is 31.7 Å². The van der Waals surface area contributed by atoms with Crippen LogP contribution in [0.15, 0.2) is 10.4 Å². The summed E-state index contributed by atoms with van der Waals surface area (Å²) >= 11 is 0.800. The molecule has 2 aromatic rings. The minimum absolute atomic E-state index is 0.150. The molecule has 0 saturated carbocycles. The Balaban J connectivity index is 2.09. The van der Waals surface area contributed by atoms with E-state index in [0.29, 0.717) is 0 Å². The summed E-state index contributed by atoms with van der Waals surface area (Å²) in [5.74, 6) is -0.332. The number of hydrogen-bond donors (Lipinski definition) is 3. The lowest BCUT2D eigenvalue weighted by Gasteiger charge is -2.02. The van der Waals surface area contributed by atoms with Crippen molar-refractivity contribution in [3.05, 3.63) is 23.0 Å². The molecule has 1 amide bonds. The van der Waals surface area contributed by atoms with E-state index in [1.54, 1.807) is 0 Å².